The van der Waals surface area contributed by atoms with Crippen LogP contribution in [0.2, 0.25) is 0 Å². The average Bonchev–Trinajstić information content (AvgIpc) is 2.87. The number of allylic oxidation sites excluding steroid dienone is 4. The van der Waals surface area contributed by atoms with Crippen molar-refractivity contribution in [3.63, 3.8) is 0 Å². The van der Waals surface area contributed by atoms with E-state index in [0.717, 1.165) is 27.5 Å². The molecular weight excluding hydrogens is 597 g/mol. The van der Waals surface area contributed by atoms with E-state index in [9.17, 15) is 14.4 Å². The van der Waals surface area contributed by atoms with Crippen molar-refractivity contribution < 1.29 is 28.6 Å². The molecule has 8 heteroatoms. The van der Waals surface area contributed by atoms with Gasteiger partial charge in [0.05, 0.1) is 10.2 Å². The normalized spacial score (nSPS) is 17.6. The van der Waals surface area contributed by atoms with Crippen molar-refractivity contribution in [2.45, 2.75) is 58.3 Å². The van der Waals surface area contributed by atoms with Crippen LogP contribution in [-0.4, -0.2) is 30.7 Å². The van der Waals surface area contributed by atoms with Gasteiger partial charge in [-0.25, -0.2) is 0 Å². The maximum absolute atomic E-state index is 13.1. The van der Waals surface area contributed by atoms with Crippen LogP contribution in [0.1, 0.15) is 62.5 Å². The van der Waals surface area contributed by atoms with Gasteiger partial charge in [-0.15, -0.1) is 0 Å². The van der Waals surface area contributed by atoms with E-state index < -0.39 is 5.92 Å². The van der Waals surface area contributed by atoms with Crippen LogP contribution in [0.5, 0.6) is 11.5 Å². The van der Waals surface area contributed by atoms with Crippen LogP contribution in [0, 0.1) is 10.5 Å². The van der Waals surface area contributed by atoms with Gasteiger partial charge >= 0.3 is 0 Å². The highest BCUT2D eigenvalue weighted by atomic mass is 127. The van der Waals surface area contributed by atoms with Crippen LogP contribution in [0.15, 0.2) is 59.1 Å². The van der Waals surface area contributed by atoms with E-state index in [-0.39, 0.29) is 24.1 Å². The molecule has 0 saturated heterocycles. The summed E-state index contributed by atoms with van der Waals surface area (Å²) in [6.45, 7) is 4.03. The first-order valence-electron chi connectivity index (χ1n) is 13.0. The maximum atomic E-state index is 13.1. The first-order chi connectivity index (χ1) is 18.4. The molecule has 7 nitrogen and oxygen atoms in total. The third-order valence-electron chi connectivity index (χ3n) is 6.96. The van der Waals surface area contributed by atoms with Gasteiger partial charge < -0.3 is 19.5 Å². The first-order valence-corrected chi connectivity index (χ1v) is 14.1. The molecule has 1 N–H and O–H groups in total. The van der Waals surface area contributed by atoms with Crippen molar-refractivity contribution in [2.75, 3.05) is 18.5 Å². The lowest BCUT2D eigenvalue weighted by Gasteiger charge is -2.36. The molecule has 2 aromatic rings. The number of carbonyl (C=O) groups excluding carboxylic acids is 3. The first kappa shape index (κ1) is 26.5. The fourth-order valence-corrected chi connectivity index (χ4v) is 6.15. The van der Waals surface area contributed by atoms with Crippen molar-refractivity contribution >= 4 is 45.8 Å². The van der Waals surface area contributed by atoms with Gasteiger partial charge in [-0.1, -0.05) is 12.1 Å². The lowest BCUT2D eigenvalue weighted by atomic mass is 9.73. The molecule has 0 bridgehead atoms. The highest BCUT2D eigenvalue weighted by Gasteiger charge is 2.42. The van der Waals surface area contributed by atoms with Crippen molar-refractivity contribution in [3.8, 4) is 11.5 Å². The zero-order valence-corrected chi connectivity index (χ0v) is 23.7. The number of halogens is 1. The summed E-state index contributed by atoms with van der Waals surface area (Å²) in [7, 11) is 0. The Morgan fingerprint density at radius 2 is 1.68 bits per heavy atom. The number of Topliss-reactive ketones (excluding diaryl/α,β-unsaturated/α-hetero) is 2. The second-order valence-electron chi connectivity index (χ2n) is 9.73. The van der Waals surface area contributed by atoms with Gasteiger partial charge in [0.25, 0.3) is 5.91 Å². The Balaban J connectivity index is 1.47. The minimum absolute atomic E-state index is 0.0299. The average molecular weight is 627 g/mol. The SMILES string of the molecule is CCOc1cc(C2C3=C(CCCC3=O)OC3=C2C(=O)CCC3)cc(I)c1OCC(=O)Nc1cccc(C)c1. The highest BCUT2D eigenvalue weighted by molar-refractivity contribution is 14.1. The largest absolute Gasteiger partial charge is 0.490 e. The number of carbonyl (C=O) groups is 3. The van der Waals surface area contributed by atoms with Gasteiger partial charge in [-0.2, -0.15) is 0 Å². The van der Waals surface area contributed by atoms with Gasteiger partial charge in [0.15, 0.2) is 29.7 Å². The number of hydrogen-bond donors (Lipinski definition) is 1. The number of ketones is 2. The van der Waals surface area contributed by atoms with Crippen LogP contribution in [0.25, 0.3) is 0 Å². The van der Waals surface area contributed by atoms with E-state index in [1.165, 1.54) is 0 Å². The number of amides is 1. The summed E-state index contributed by atoms with van der Waals surface area (Å²) in [4.78, 5) is 38.9. The zero-order valence-electron chi connectivity index (χ0n) is 21.5. The predicted molar refractivity (Wildman–Crippen MR) is 151 cm³/mol. The quantitative estimate of drug-likeness (QED) is 0.371. The smallest absolute Gasteiger partial charge is 0.262 e. The lowest BCUT2D eigenvalue weighted by molar-refractivity contribution is -0.119. The minimum Gasteiger partial charge on any atom is -0.490 e. The molecule has 1 aliphatic heterocycles. The van der Waals surface area contributed by atoms with Gasteiger partial charge in [0.1, 0.15) is 11.5 Å². The predicted octanol–water partition coefficient (Wildman–Crippen LogP) is 6.14. The van der Waals surface area contributed by atoms with Gasteiger partial charge in [-0.3, -0.25) is 14.4 Å². The van der Waals surface area contributed by atoms with E-state index in [2.05, 4.69) is 27.9 Å². The standard InChI is InChI=1S/C30H30INO6/c1-3-36-25-15-18(14-20(31)30(25)37-16-26(35)32-19-8-4-7-17(2)13-19)27-28-21(33)9-5-11-23(28)38-24-12-6-10-22(34)29(24)27/h4,7-8,13-15,27H,3,5-6,9-12,16H2,1-2H3,(H,32,35). The summed E-state index contributed by atoms with van der Waals surface area (Å²) in [6.07, 6.45) is 3.77. The zero-order chi connectivity index (χ0) is 26.8. The maximum Gasteiger partial charge on any atom is 0.262 e. The molecule has 0 aromatic heterocycles. The van der Waals surface area contributed by atoms with E-state index in [1.807, 2.05) is 50.2 Å². The summed E-state index contributed by atoms with van der Waals surface area (Å²) in [5.41, 5.74) is 3.73. The monoisotopic (exact) mass is 627 g/mol. The van der Waals surface area contributed by atoms with Crippen LogP contribution in [0.3, 0.4) is 0 Å². The summed E-state index contributed by atoms with van der Waals surface area (Å²) in [6, 6.07) is 11.3. The van der Waals surface area contributed by atoms with Crippen molar-refractivity contribution in [3.05, 3.63) is 73.8 Å². The summed E-state index contributed by atoms with van der Waals surface area (Å²) >= 11 is 2.16. The number of ether oxygens (including phenoxy) is 3. The number of benzene rings is 2. The Kier molecular flexibility index (Phi) is 7.88. The van der Waals surface area contributed by atoms with Crippen LogP contribution in [0.4, 0.5) is 5.69 Å². The van der Waals surface area contributed by atoms with E-state index >= 15 is 0 Å². The number of rotatable bonds is 7. The molecule has 198 valence electrons. The third kappa shape index (κ3) is 5.36. The summed E-state index contributed by atoms with van der Waals surface area (Å²) in [5.74, 6) is 1.61. The van der Waals surface area contributed by atoms with E-state index in [1.54, 1.807) is 0 Å². The molecule has 2 aliphatic carbocycles. The molecule has 0 spiro atoms. The van der Waals surface area contributed by atoms with Gasteiger partial charge in [0, 0.05) is 48.4 Å². The Labute approximate surface area is 235 Å². The molecular formula is C30H30INO6. The topological polar surface area (TPSA) is 90.9 Å². The van der Waals surface area contributed by atoms with Crippen LogP contribution >= 0.6 is 22.6 Å². The molecule has 0 saturated carbocycles. The summed E-state index contributed by atoms with van der Waals surface area (Å²) in [5, 5.41) is 2.85. The molecule has 0 radical (unpaired) electrons. The number of anilines is 1. The molecule has 0 atom stereocenters. The number of hydrogen-bond acceptors (Lipinski definition) is 6. The Morgan fingerprint density at radius 1 is 1.00 bits per heavy atom. The molecule has 0 fully saturated rings. The third-order valence-corrected chi connectivity index (χ3v) is 7.76. The molecule has 1 amide bonds. The minimum atomic E-state index is -0.485. The fraction of sp³-hybridized carbons (Fsp3) is 0.367. The molecule has 5 rings (SSSR count). The Morgan fingerprint density at radius 3 is 2.32 bits per heavy atom. The van der Waals surface area contributed by atoms with Gasteiger partial charge in [-0.05, 0) is 84.7 Å². The summed E-state index contributed by atoms with van der Waals surface area (Å²) < 4.78 is 18.8. The second-order valence-corrected chi connectivity index (χ2v) is 10.9. The molecule has 0 unspecified atom stereocenters. The van der Waals surface area contributed by atoms with Crippen LogP contribution in [-0.2, 0) is 19.1 Å². The molecule has 38 heavy (non-hydrogen) atoms. The molecule has 2 aromatic carbocycles. The van der Waals surface area contributed by atoms with Gasteiger partial charge in [0.2, 0.25) is 0 Å². The second kappa shape index (κ2) is 11.3. The van der Waals surface area contributed by atoms with E-state index in [0.29, 0.717) is 72.1 Å². The van der Waals surface area contributed by atoms with Crippen molar-refractivity contribution in [1.82, 2.24) is 0 Å². The number of aryl methyl sites for hydroxylation is 1. The Bertz CT molecular complexity index is 1330. The number of nitrogens with one attached hydrogen (secondary N) is 1. The fourth-order valence-electron chi connectivity index (χ4n) is 5.37. The van der Waals surface area contributed by atoms with Crippen molar-refractivity contribution in [2.24, 2.45) is 0 Å². The lowest BCUT2D eigenvalue weighted by Crippen LogP contribution is -2.30. The molecule has 3 aliphatic rings. The van der Waals surface area contributed by atoms with E-state index in [4.69, 9.17) is 14.2 Å². The van der Waals surface area contributed by atoms with Crippen LogP contribution < -0.4 is 14.8 Å². The molecule has 1 heterocycles. The van der Waals surface area contributed by atoms with Crippen molar-refractivity contribution in [1.29, 1.82) is 0 Å². The highest BCUT2D eigenvalue weighted by Crippen LogP contribution is 2.49. The Hall–Kier alpha value is -3.14.